The summed E-state index contributed by atoms with van der Waals surface area (Å²) in [6, 6.07) is 21.6. The van der Waals surface area contributed by atoms with Crippen LogP contribution in [0.15, 0.2) is 54.6 Å². The van der Waals surface area contributed by atoms with E-state index < -0.39 is 0 Å². The molecule has 2 aromatic rings. The van der Waals surface area contributed by atoms with E-state index in [1.807, 2.05) is 0 Å². The fourth-order valence-corrected chi connectivity index (χ4v) is 5.05. The topological polar surface area (TPSA) is 3.24 Å². The number of fused-ring (bicyclic) bond motifs is 1. The van der Waals surface area contributed by atoms with Gasteiger partial charge in [0.05, 0.1) is 0 Å². The molecule has 0 N–H and O–H groups in total. The van der Waals surface area contributed by atoms with Crippen molar-refractivity contribution in [2.24, 2.45) is 5.92 Å². The Kier molecular flexibility index (Phi) is 9.49. The van der Waals surface area contributed by atoms with Gasteiger partial charge in [0.15, 0.2) is 0 Å². The third-order valence-electron chi connectivity index (χ3n) is 6.44. The quantitative estimate of drug-likeness (QED) is 0.356. The predicted octanol–water partition coefficient (Wildman–Crippen LogP) is 7.09. The second kappa shape index (κ2) is 11.3. The maximum absolute atomic E-state index is 2.64. The molecule has 2 heteroatoms. The molecule has 1 aliphatic rings. The minimum absolute atomic E-state index is 0. The van der Waals surface area contributed by atoms with Crippen molar-refractivity contribution < 1.29 is 0 Å². The molecule has 0 saturated heterocycles. The van der Waals surface area contributed by atoms with Gasteiger partial charge in [-0.25, -0.2) is 0 Å². The first-order chi connectivity index (χ1) is 13.1. The Morgan fingerprint density at radius 1 is 0.857 bits per heavy atom. The summed E-state index contributed by atoms with van der Waals surface area (Å²) in [5.74, 6) is 1.45. The third-order valence-corrected chi connectivity index (χ3v) is 6.44. The summed E-state index contributed by atoms with van der Waals surface area (Å²) in [6.07, 6.45) is 6.40. The summed E-state index contributed by atoms with van der Waals surface area (Å²) in [7, 11) is 0. The lowest BCUT2D eigenvalue weighted by Crippen LogP contribution is -2.37. The van der Waals surface area contributed by atoms with Crippen molar-refractivity contribution in [1.29, 1.82) is 0 Å². The highest BCUT2D eigenvalue weighted by Crippen LogP contribution is 2.38. The van der Waals surface area contributed by atoms with Crippen LogP contribution < -0.4 is 0 Å². The monoisotopic (exact) mass is 491 g/mol. The molecule has 0 saturated carbocycles. The molecule has 0 spiro atoms. The zero-order valence-corrected chi connectivity index (χ0v) is 20.4. The largest absolute Gasteiger partial charge is 0.299 e. The molecule has 0 fully saturated rings. The molecule has 28 heavy (non-hydrogen) atoms. The average Bonchev–Trinajstić information content (AvgIpc) is 2.68. The van der Waals surface area contributed by atoms with E-state index >= 15 is 0 Å². The molecule has 0 aromatic heterocycles. The van der Waals surface area contributed by atoms with E-state index in [1.165, 1.54) is 38.6 Å². The molecule has 2 unspecified atom stereocenters. The summed E-state index contributed by atoms with van der Waals surface area (Å²) >= 11 is 0. The molecular formula is C26H38IN. The van der Waals surface area contributed by atoms with E-state index in [0.29, 0.717) is 18.0 Å². The first-order valence-electron chi connectivity index (χ1n) is 10.9. The van der Waals surface area contributed by atoms with Gasteiger partial charge >= 0.3 is 0 Å². The van der Waals surface area contributed by atoms with Crippen LogP contribution >= 0.6 is 24.0 Å². The normalized spacial score (nSPS) is 17.5. The predicted molar refractivity (Wildman–Crippen MR) is 133 cm³/mol. The van der Waals surface area contributed by atoms with E-state index in [0.717, 1.165) is 5.92 Å². The maximum Gasteiger partial charge on any atom is 0.00412 e. The Morgan fingerprint density at radius 3 is 2.11 bits per heavy atom. The minimum atomic E-state index is 0. The Morgan fingerprint density at radius 2 is 1.46 bits per heavy atom. The van der Waals surface area contributed by atoms with Crippen molar-refractivity contribution in [2.45, 2.75) is 77.8 Å². The summed E-state index contributed by atoms with van der Waals surface area (Å²) in [5, 5.41) is 0. The molecule has 2 aromatic carbocycles. The van der Waals surface area contributed by atoms with Crippen LogP contribution in [-0.4, -0.2) is 23.5 Å². The van der Waals surface area contributed by atoms with Crippen LogP contribution in [0.2, 0.25) is 0 Å². The minimum Gasteiger partial charge on any atom is -0.299 e. The second-order valence-corrected chi connectivity index (χ2v) is 8.86. The molecule has 0 aliphatic heterocycles. The SMILES string of the molecule is CC(C)N(CCCC(c1ccccc1)C1CCc2ccccc2C1)C(C)C.I. The number of nitrogens with zero attached hydrogens (tertiary/aromatic N) is 1. The highest BCUT2D eigenvalue weighted by atomic mass is 127. The van der Waals surface area contributed by atoms with Gasteiger partial charge in [0.2, 0.25) is 0 Å². The Labute approximate surface area is 189 Å². The van der Waals surface area contributed by atoms with Gasteiger partial charge in [-0.05, 0) is 94.9 Å². The number of halogens is 1. The molecule has 0 amide bonds. The summed E-state index contributed by atoms with van der Waals surface area (Å²) in [4.78, 5) is 2.64. The molecule has 0 radical (unpaired) electrons. The van der Waals surface area contributed by atoms with Crippen molar-refractivity contribution in [1.82, 2.24) is 4.90 Å². The van der Waals surface area contributed by atoms with Crippen molar-refractivity contribution >= 4 is 24.0 Å². The number of hydrogen-bond donors (Lipinski definition) is 0. The summed E-state index contributed by atoms with van der Waals surface area (Å²) in [5.41, 5.74) is 4.70. The van der Waals surface area contributed by atoms with Crippen LogP contribution in [0, 0.1) is 5.92 Å². The first-order valence-corrected chi connectivity index (χ1v) is 10.9. The lowest BCUT2D eigenvalue weighted by Gasteiger charge is -2.34. The van der Waals surface area contributed by atoms with Gasteiger partial charge in [-0.15, -0.1) is 24.0 Å². The van der Waals surface area contributed by atoms with Crippen LogP contribution in [0.3, 0.4) is 0 Å². The zero-order chi connectivity index (χ0) is 19.2. The molecular weight excluding hydrogens is 453 g/mol. The highest BCUT2D eigenvalue weighted by molar-refractivity contribution is 14.0. The summed E-state index contributed by atoms with van der Waals surface area (Å²) < 4.78 is 0. The Balaban J connectivity index is 0.00000280. The van der Waals surface area contributed by atoms with Gasteiger partial charge < -0.3 is 0 Å². The molecule has 3 rings (SSSR count). The average molecular weight is 492 g/mol. The third kappa shape index (κ3) is 6.06. The van der Waals surface area contributed by atoms with Crippen molar-refractivity contribution in [3.63, 3.8) is 0 Å². The molecule has 154 valence electrons. The Bertz CT molecular complexity index is 687. The van der Waals surface area contributed by atoms with Crippen molar-refractivity contribution in [3.05, 3.63) is 71.3 Å². The lowest BCUT2D eigenvalue weighted by molar-refractivity contribution is 0.168. The van der Waals surface area contributed by atoms with Crippen LogP contribution in [0.4, 0.5) is 0 Å². The first kappa shape index (κ1) is 23.4. The van der Waals surface area contributed by atoms with E-state index in [9.17, 15) is 0 Å². The number of hydrogen-bond acceptors (Lipinski definition) is 1. The van der Waals surface area contributed by atoms with E-state index in [4.69, 9.17) is 0 Å². The van der Waals surface area contributed by atoms with Crippen molar-refractivity contribution in [2.75, 3.05) is 6.54 Å². The summed E-state index contributed by atoms with van der Waals surface area (Å²) in [6.45, 7) is 10.5. The molecule has 2 atom stereocenters. The van der Waals surface area contributed by atoms with Crippen LogP contribution in [-0.2, 0) is 12.8 Å². The van der Waals surface area contributed by atoms with Gasteiger partial charge in [0.1, 0.15) is 0 Å². The van der Waals surface area contributed by atoms with Crippen LogP contribution in [0.25, 0.3) is 0 Å². The van der Waals surface area contributed by atoms with E-state index in [-0.39, 0.29) is 24.0 Å². The van der Waals surface area contributed by atoms with E-state index in [1.54, 1.807) is 16.7 Å². The fraction of sp³-hybridized carbons (Fsp3) is 0.538. The van der Waals surface area contributed by atoms with Crippen molar-refractivity contribution in [3.8, 4) is 0 Å². The van der Waals surface area contributed by atoms with Gasteiger partial charge in [-0.1, -0.05) is 54.6 Å². The molecule has 1 nitrogen and oxygen atoms in total. The zero-order valence-electron chi connectivity index (χ0n) is 18.1. The molecule has 0 heterocycles. The van der Waals surface area contributed by atoms with Gasteiger partial charge in [-0.3, -0.25) is 4.90 Å². The highest BCUT2D eigenvalue weighted by Gasteiger charge is 2.27. The second-order valence-electron chi connectivity index (χ2n) is 8.86. The Hall–Kier alpha value is -0.870. The van der Waals surface area contributed by atoms with Crippen LogP contribution in [0.1, 0.15) is 69.6 Å². The van der Waals surface area contributed by atoms with E-state index in [2.05, 4.69) is 87.2 Å². The number of aryl methyl sites for hydroxylation is 1. The number of rotatable bonds is 8. The number of benzene rings is 2. The maximum atomic E-state index is 2.64. The smallest absolute Gasteiger partial charge is 0.00412 e. The van der Waals surface area contributed by atoms with Gasteiger partial charge in [0, 0.05) is 12.1 Å². The standard InChI is InChI=1S/C26H37N.HI/c1-20(2)27(21(3)4)18-10-15-26(23-12-6-5-7-13-23)25-17-16-22-11-8-9-14-24(22)19-25;/h5-9,11-14,20-21,25-26H,10,15-19H2,1-4H3;1H. The van der Waals surface area contributed by atoms with Crippen LogP contribution in [0.5, 0.6) is 0 Å². The van der Waals surface area contributed by atoms with Gasteiger partial charge in [0.25, 0.3) is 0 Å². The fourth-order valence-electron chi connectivity index (χ4n) is 5.05. The molecule has 0 bridgehead atoms. The lowest BCUT2D eigenvalue weighted by atomic mass is 9.73. The van der Waals surface area contributed by atoms with Gasteiger partial charge in [-0.2, -0.15) is 0 Å². The molecule has 1 aliphatic carbocycles.